The predicted molar refractivity (Wildman–Crippen MR) is 102 cm³/mol. The van der Waals surface area contributed by atoms with Crippen molar-refractivity contribution in [2.24, 2.45) is 0 Å². The Morgan fingerprint density at radius 1 is 1.32 bits per heavy atom. The number of benzene rings is 1. The number of carbonyl (C=O) groups excluding carboxylic acids is 2. The maximum absolute atomic E-state index is 12.7. The van der Waals surface area contributed by atoms with Crippen molar-refractivity contribution in [2.75, 3.05) is 18.5 Å². The number of nitrogens with zero attached hydrogens (tertiary/aromatic N) is 2. The molecule has 2 heterocycles. The largest absolute Gasteiger partial charge is 0.334 e. The molecule has 1 aliphatic rings. The van der Waals surface area contributed by atoms with Crippen molar-refractivity contribution < 1.29 is 9.59 Å². The van der Waals surface area contributed by atoms with Gasteiger partial charge in [-0.3, -0.25) is 9.59 Å². The first-order valence-corrected chi connectivity index (χ1v) is 9.67. The summed E-state index contributed by atoms with van der Waals surface area (Å²) in [6.07, 6.45) is 2.81. The summed E-state index contributed by atoms with van der Waals surface area (Å²) in [5, 5.41) is 2.60. The highest BCUT2D eigenvalue weighted by atomic mass is 35.5. The van der Waals surface area contributed by atoms with Crippen LogP contribution in [0.25, 0.3) is 0 Å². The highest BCUT2D eigenvalue weighted by Gasteiger charge is 2.37. The summed E-state index contributed by atoms with van der Waals surface area (Å²) < 4.78 is 0. The Morgan fingerprint density at radius 2 is 2.12 bits per heavy atom. The minimum atomic E-state index is -0.398. The average Bonchev–Trinajstić information content (AvgIpc) is 3.24. The number of carbonyl (C=O) groups is 2. The van der Waals surface area contributed by atoms with Gasteiger partial charge in [-0.2, -0.15) is 0 Å². The molecule has 1 aromatic heterocycles. The Balaban J connectivity index is 1.57. The number of aryl methyl sites for hydroxylation is 1. The van der Waals surface area contributed by atoms with E-state index in [0.717, 1.165) is 18.5 Å². The van der Waals surface area contributed by atoms with Crippen LogP contribution in [0.5, 0.6) is 0 Å². The van der Waals surface area contributed by atoms with Gasteiger partial charge in [-0.25, -0.2) is 0 Å². The number of likely N-dealkylation sites (N-methyl/N-ethyl adjacent to an activating group) is 1. The second-order valence-electron chi connectivity index (χ2n) is 6.18. The molecular weight excluding hydrogens is 356 g/mol. The van der Waals surface area contributed by atoms with Gasteiger partial charge in [0.2, 0.25) is 11.8 Å². The Hall–Kier alpha value is -1.85. The molecule has 4 nitrogen and oxygen atoms in total. The van der Waals surface area contributed by atoms with Crippen LogP contribution < -0.4 is 4.90 Å². The number of halogens is 1. The van der Waals surface area contributed by atoms with Gasteiger partial charge >= 0.3 is 0 Å². The van der Waals surface area contributed by atoms with Gasteiger partial charge in [0.1, 0.15) is 6.04 Å². The number of rotatable bonds is 6. The van der Waals surface area contributed by atoms with Crippen molar-refractivity contribution in [3.05, 3.63) is 51.7 Å². The first-order valence-electron chi connectivity index (χ1n) is 8.42. The van der Waals surface area contributed by atoms with Crippen LogP contribution in [-0.4, -0.2) is 36.3 Å². The maximum Gasteiger partial charge on any atom is 0.249 e. The highest BCUT2D eigenvalue weighted by Crippen LogP contribution is 2.30. The minimum Gasteiger partial charge on any atom is -0.334 e. The normalized spacial score (nSPS) is 17.1. The Bertz CT molecular complexity index is 748. The van der Waals surface area contributed by atoms with Gasteiger partial charge < -0.3 is 9.80 Å². The Morgan fingerprint density at radius 3 is 2.84 bits per heavy atom. The van der Waals surface area contributed by atoms with Gasteiger partial charge in [-0.1, -0.05) is 29.8 Å². The van der Waals surface area contributed by atoms with Crippen molar-refractivity contribution in [1.29, 1.82) is 0 Å². The van der Waals surface area contributed by atoms with Gasteiger partial charge in [0, 0.05) is 24.9 Å². The number of hydrogen-bond donors (Lipinski definition) is 0. The summed E-state index contributed by atoms with van der Waals surface area (Å²) in [5.74, 6) is -0.0295. The summed E-state index contributed by atoms with van der Waals surface area (Å²) >= 11 is 7.91. The minimum absolute atomic E-state index is 0.0240. The van der Waals surface area contributed by atoms with Crippen LogP contribution in [0.1, 0.15) is 24.1 Å². The van der Waals surface area contributed by atoms with E-state index in [-0.39, 0.29) is 11.8 Å². The first-order chi connectivity index (χ1) is 12.1. The van der Waals surface area contributed by atoms with E-state index in [1.54, 1.807) is 34.3 Å². The third-order valence-electron chi connectivity index (χ3n) is 4.58. The molecule has 1 saturated heterocycles. The molecule has 0 bridgehead atoms. The second-order valence-corrected chi connectivity index (χ2v) is 7.62. The topological polar surface area (TPSA) is 40.6 Å². The van der Waals surface area contributed by atoms with E-state index in [9.17, 15) is 9.59 Å². The monoisotopic (exact) mass is 376 g/mol. The van der Waals surface area contributed by atoms with Crippen LogP contribution >= 0.6 is 22.9 Å². The van der Waals surface area contributed by atoms with E-state index in [1.165, 1.54) is 4.88 Å². The number of anilines is 1. The maximum atomic E-state index is 12.7. The van der Waals surface area contributed by atoms with Gasteiger partial charge in [-0.05, 0) is 42.8 Å². The lowest BCUT2D eigenvalue weighted by atomic mass is 10.1. The number of hydrogen-bond acceptors (Lipinski definition) is 3. The molecule has 1 unspecified atom stereocenters. The van der Waals surface area contributed by atoms with Gasteiger partial charge in [0.25, 0.3) is 0 Å². The summed E-state index contributed by atoms with van der Waals surface area (Å²) in [4.78, 5) is 29.8. The molecule has 0 aliphatic carbocycles. The molecule has 1 atom stereocenters. The van der Waals surface area contributed by atoms with E-state index in [4.69, 9.17) is 11.6 Å². The van der Waals surface area contributed by atoms with Gasteiger partial charge in [0.15, 0.2) is 0 Å². The van der Waals surface area contributed by atoms with Crippen molar-refractivity contribution >= 4 is 40.4 Å². The zero-order chi connectivity index (χ0) is 17.8. The highest BCUT2D eigenvalue weighted by molar-refractivity contribution is 7.09. The van der Waals surface area contributed by atoms with Gasteiger partial charge in [0.05, 0.1) is 10.7 Å². The van der Waals surface area contributed by atoms with Crippen molar-refractivity contribution in [3.8, 4) is 0 Å². The Labute approximate surface area is 157 Å². The lowest BCUT2D eigenvalue weighted by Gasteiger charge is -2.24. The van der Waals surface area contributed by atoms with Gasteiger partial charge in [-0.15, -0.1) is 11.3 Å². The average molecular weight is 377 g/mol. The fourth-order valence-corrected chi connectivity index (χ4v) is 4.14. The molecule has 3 rings (SSSR count). The fourth-order valence-electron chi connectivity index (χ4n) is 3.15. The van der Waals surface area contributed by atoms with Crippen LogP contribution in [0.15, 0.2) is 41.8 Å². The SMILES string of the molecule is CN(C(=O)CCCc1cccs1)C1CCN(c2ccccc2Cl)C1=O. The molecule has 2 amide bonds. The smallest absolute Gasteiger partial charge is 0.249 e. The molecule has 6 heteroatoms. The predicted octanol–water partition coefficient (Wildman–Crippen LogP) is 3.99. The van der Waals surface area contributed by atoms with E-state index in [2.05, 4.69) is 6.07 Å². The standard InChI is InChI=1S/C19H21ClN2O2S/c1-21(18(23)10-4-6-14-7-5-13-25-14)17-11-12-22(19(17)24)16-9-3-2-8-15(16)20/h2-3,5,7-9,13,17H,4,6,10-12H2,1H3. The summed E-state index contributed by atoms with van der Waals surface area (Å²) in [7, 11) is 1.73. The quantitative estimate of drug-likeness (QED) is 0.764. The molecule has 1 aliphatic heterocycles. The molecule has 1 fully saturated rings. The molecular formula is C19H21ClN2O2S. The lowest BCUT2D eigenvalue weighted by Crippen LogP contribution is -2.43. The summed E-state index contributed by atoms with van der Waals surface area (Å²) in [6.45, 7) is 0.583. The third kappa shape index (κ3) is 4.05. The molecule has 2 aromatic rings. The lowest BCUT2D eigenvalue weighted by molar-refractivity contribution is -0.136. The van der Waals surface area contributed by atoms with Crippen LogP contribution in [0.2, 0.25) is 5.02 Å². The number of amides is 2. The van der Waals surface area contributed by atoms with Crippen molar-refractivity contribution in [3.63, 3.8) is 0 Å². The fraction of sp³-hybridized carbons (Fsp3) is 0.368. The summed E-state index contributed by atoms with van der Waals surface area (Å²) in [6, 6.07) is 11.0. The first kappa shape index (κ1) is 18.0. The van der Waals surface area contributed by atoms with E-state index >= 15 is 0 Å². The van der Waals surface area contributed by atoms with Crippen molar-refractivity contribution in [2.45, 2.75) is 31.7 Å². The molecule has 25 heavy (non-hydrogen) atoms. The Kier molecular flexibility index (Phi) is 5.76. The second kappa shape index (κ2) is 8.02. The third-order valence-corrected chi connectivity index (χ3v) is 5.83. The van der Waals surface area contributed by atoms with Crippen LogP contribution in [0.4, 0.5) is 5.69 Å². The molecule has 0 N–H and O–H groups in total. The zero-order valence-electron chi connectivity index (χ0n) is 14.2. The molecule has 1 aromatic carbocycles. The summed E-state index contributed by atoms with van der Waals surface area (Å²) in [5.41, 5.74) is 0.718. The van der Waals surface area contributed by atoms with Crippen LogP contribution in [0, 0.1) is 0 Å². The van der Waals surface area contributed by atoms with E-state index in [0.29, 0.717) is 24.4 Å². The van der Waals surface area contributed by atoms with Crippen LogP contribution in [0.3, 0.4) is 0 Å². The van der Waals surface area contributed by atoms with Crippen LogP contribution in [-0.2, 0) is 16.0 Å². The molecule has 0 spiro atoms. The number of para-hydroxylation sites is 1. The molecule has 0 radical (unpaired) electrons. The van der Waals surface area contributed by atoms with Crippen molar-refractivity contribution in [1.82, 2.24) is 4.90 Å². The number of thiophene rings is 1. The molecule has 132 valence electrons. The van der Waals surface area contributed by atoms with E-state index in [1.807, 2.05) is 29.6 Å². The molecule has 0 saturated carbocycles. The van der Waals surface area contributed by atoms with E-state index < -0.39 is 6.04 Å². The zero-order valence-corrected chi connectivity index (χ0v) is 15.7.